The number of carbonyl (C=O) groups excluding carboxylic acids is 2. The molecule has 31 heavy (non-hydrogen) atoms. The van der Waals surface area contributed by atoms with E-state index in [-0.39, 0.29) is 23.6 Å². The van der Waals surface area contributed by atoms with Gasteiger partial charge in [0.05, 0.1) is 27.9 Å². The van der Waals surface area contributed by atoms with Gasteiger partial charge in [0.1, 0.15) is 0 Å². The molecule has 0 aliphatic rings. The molecule has 0 heterocycles. The normalized spacial score (nSPS) is 12.2. The summed E-state index contributed by atoms with van der Waals surface area (Å²) in [7, 11) is 0. The minimum atomic E-state index is -4.56. The summed E-state index contributed by atoms with van der Waals surface area (Å²) < 4.78 is 38.6. The van der Waals surface area contributed by atoms with Gasteiger partial charge in [-0.3, -0.25) is 14.4 Å². The van der Waals surface area contributed by atoms with Crippen LogP contribution in [0.4, 0.5) is 24.5 Å². The molecule has 2 aromatic carbocycles. The Bertz CT molecular complexity index is 968. The van der Waals surface area contributed by atoms with Crippen molar-refractivity contribution < 1.29 is 32.7 Å². The standard InChI is InChI=1S/C20H18ClF3N2O4S/c1-11(19(30)26-16-10-12(20(22,23)24)2-7-15(16)21)31-14-5-3-13(4-6-14)25-17(27)8-9-18(28)29/h2-7,10-11H,8-9H2,1H3,(H,25,27)(H,26,30)(H,28,29). The van der Waals surface area contributed by atoms with Crippen LogP contribution in [0.25, 0.3) is 0 Å². The molecule has 1 atom stereocenters. The van der Waals surface area contributed by atoms with E-state index in [0.717, 1.165) is 30.0 Å². The molecule has 2 aromatic rings. The van der Waals surface area contributed by atoms with E-state index in [9.17, 15) is 27.6 Å². The molecule has 2 amide bonds. The molecule has 6 nitrogen and oxygen atoms in total. The smallest absolute Gasteiger partial charge is 0.416 e. The first-order valence-electron chi connectivity index (χ1n) is 8.91. The third-order valence-electron chi connectivity index (χ3n) is 3.94. The molecule has 0 aromatic heterocycles. The molecule has 2 rings (SSSR count). The van der Waals surface area contributed by atoms with Crippen molar-refractivity contribution in [1.29, 1.82) is 0 Å². The summed E-state index contributed by atoms with van der Waals surface area (Å²) in [5.74, 6) is -2.04. The lowest BCUT2D eigenvalue weighted by atomic mass is 10.2. The molecule has 0 fully saturated rings. The zero-order valence-electron chi connectivity index (χ0n) is 16.1. The highest BCUT2D eigenvalue weighted by Gasteiger charge is 2.31. The molecule has 0 radical (unpaired) electrons. The van der Waals surface area contributed by atoms with E-state index < -0.39 is 34.8 Å². The van der Waals surface area contributed by atoms with Crippen LogP contribution in [0.3, 0.4) is 0 Å². The number of anilines is 2. The average Bonchev–Trinajstić information content (AvgIpc) is 2.68. The minimum Gasteiger partial charge on any atom is -0.481 e. The van der Waals surface area contributed by atoms with E-state index in [4.69, 9.17) is 16.7 Å². The summed E-state index contributed by atoms with van der Waals surface area (Å²) in [6, 6.07) is 9.17. The Morgan fingerprint density at radius 2 is 1.71 bits per heavy atom. The number of hydrogen-bond acceptors (Lipinski definition) is 4. The second-order valence-electron chi connectivity index (χ2n) is 6.41. The van der Waals surface area contributed by atoms with Crippen LogP contribution in [-0.4, -0.2) is 28.1 Å². The molecule has 3 N–H and O–H groups in total. The number of carbonyl (C=O) groups is 3. The van der Waals surface area contributed by atoms with Crippen molar-refractivity contribution in [3.05, 3.63) is 53.1 Å². The van der Waals surface area contributed by atoms with Crippen molar-refractivity contribution >= 4 is 52.5 Å². The maximum atomic E-state index is 12.9. The topological polar surface area (TPSA) is 95.5 Å². The lowest BCUT2D eigenvalue weighted by Crippen LogP contribution is -2.23. The maximum absolute atomic E-state index is 12.9. The summed E-state index contributed by atoms with van der Waals surface area (Å²) in [5.41, 5.74) is -0.588. The maximum Gasteiger partial charge on any atom is 0.416 e. The monoisotopic (exact) mass is 474 g/mol. The van der Waals surface area contributed by atoms with Gasteiger partial charge in [0.15, 0.2) is 0 Å². The van der Waals surface area contributed by atoms with Crippen LogP contribution in [0.2, 0.25) is 5.02 Å². The highest BCUT2D eigenvalue weighted by atomic mass is 35.5. The predicted molar refractivity (Wildman–Crippen MR) is 112 cm³/mol. The van der Waals surface area contributed by atoms with Crippen molar-refractivity contribution in [2.24, 2.45) is 0 Å². The number of hydrogen-bond donors (Lipinski definition) is 3. The largest absolute Gasteiger partial charge is 0.481 e. The molecule has 0 bridgehead atoms. The fourth-order valence-corrected chi connectivity index (χ4v) is 3.38. The number of aliphatic carboxylic acids is 1. The van der Waals surface area contributed by atoms with Crippen LogP contribution >= 0.6 is 23.4 Å². The number of carboxylic acid groups (broad SMARTS) is 1. The van der Waals surface area contributed by atoms with Crippen LogP contribution in [0.5, 0.6) is 0 Å². The van der Waals surface area contributed by atoms with Gasteiger partial charge >= 0.3 is 12.1 Å². The summed E-state index contributed by atoms with van der Waals surface area (Å²) in [4.78, 5) is 35.2. The van der Waals surface area contributed by atoms with Crippen LogP contribution in [0.15, 0.2) is 47.4 Å². The Hall–Kier alpha value is -2.72. The van der Waals surface area contributed by atoms with Crippen molar-refractivity contribution in [2.75, 3.05) is 10.6 Å². The van der Waals surface area contributed by atoms with Crippen molar-refractivity contribution in [3.8, 4) is 0 Å². The highest BCUT2D eigenvalue weighted by molar-refractivity contribution is 8.00. The summed E-state index contributed by atoms with van der Waals surface area (Å²) in [6.45, 7) is 1.59. The lowest BCUT2D eigenvalue weighted by Gasteiger charge is -2.15. The third kappa shape index (κ3) is 7.80. The molecular weight excluding hydrogens is 457 g/mol. The average molecular weight is 475 g/mol. The molecule has 0 aliphatic heterocycles. The number of amides is 2. The van der Waals surface area contributed by atoms with E-state index in [1.807, 2.05) is 0 Å². The van der Waals surface area contributed by atoms with E-state index in [1.54, 1.807) is 31.2 Å². The molecule has 0 saturated heterocycles. The number of thioether (sulfide) groups is 1. The Labute approximate surface area is 185 Å². The Morgan fingerprint density at radius 1 is 1.06 bits per heavy atom. The van der Waals surface area contributed by atoms with Crippen LogP contribution in [-0.2, 0) is 20.6 Å². The van der Waals surface area contributed by atoms with Gasteiger partial charge in [0.2, 0.25) is 11.8 Å². The lowest BCUT2D eigenvalue weighted by molar-refractivity contribution is -0.138. The summed E-state index contributed by atoms with van der Waals surface area (Å²) >= 11 is 7.06. The molecular formula is C20H18ClF3N2O4S. The SMILES string of the molecule is CC(Sc1ccc(NC(=O)CCC(=O)O)cc1)C(=O)Nc1cc(C(F)(F)F)ccc1Cl. The third-order valence-corrected chi connectivity index (χ3v) is 5.38. The number of benzene rings is 2. The molecule has 166 valence electrons. The van der Waals surface area contributed by atoms with Gasteiger partial charge in [-0.15, -0.1) is 11.8 Å². The molecule has 0 spiro atoms. The zero-order chi connectivity index (χ0) is 23.2. The van der Waals surface area contributed by atoms with Gasteiger partial charge in [-0.1, -0.05) is 11.6 Å². The number of nitrogens with one attached hydrogen (secondary N) is 2. The Morgan fingerprint density at radius 3 is 2.29 bits per heavy atom. The number of alkyl halides is 3. The van der Waals surface area contributed by atoms with Crippen LogP contribution in [0.1, 0.15) is 25.3 Å². The van der Waals surface area contributed by atoms with Crippen molar-refractivity contribution in [2.45, 2.75) is 36.1 Å². The fourth-order valence-electron chi connectivity index (χ4n) is 2.35. The minimum absolute atomic E-state index is 0.0125. The molecule has 1 unspecified atom stereocenters. The van der Waals surface area contributed by atoms with Crippen LogP contribution < -0.4 is 10.6 Å². The van der Waals surface area contributed by atoms with Gasteiger partial charge in [-0.05, 0) is 49.4 Å². The summed E-state index contributed by atoms with van der Waals surface area (Å²) in [6.07, 6.45) is -4.99. The molecule has 0 saturated carbocycles. The molecule has 0 aliphatic carbocycles. The Balaban J connectivity index is 1.96. The van der Waals surface area contributed by atoms with Crippen molar-refractivity contribution in [3.63, 3.8) is 0 Å². The summed E-state index contributed by atoms with van der Waals surface area (Å²) in [5, 5.41) is 12.9. The van der Waals surface area contributed by atoms with Gasteiger partial charge in [-0.25, -0.2) is 0 Å². The van der Waals surface area contributed by atoms with Crippen LogP contribution in [0, 0.1) is 0 Å². The molecule has 11 heteroatoms. The van der Waals surface area contributed by atoms with E-state index in [1.165, 1.54) is 0 Å². The quantitative estimate of drug-likeness (QED) is 0.452. The van der Waals surface area contributed by atoms with Crippen molar-refractivity contribution in [1.82, 2.24) is 0 Å². The van der Waals surface area contributed by atoms with Gasteiger partial charge < -0.3 is 15.7 Å². The zero-order valence-corrected chi connectivity index (χ0v) is 17.7. The first-order valence-corrected chi connectivity index (χ1v) is 10.2. The van der Waals surface area contributed by atoms with E-state index in [2.05, 4.69) is 10.6 Å². The second kappa shape index (κ2) is 10.5. The predicted octanol–water partition coefficient (Wildman–Crippen LogP) is 5.28. The number of halogens is 4. The van der Waals surface area contributed by atoms with E-state index in [0.29, 0.717) is 10.6 Å². The second-order valence-corrected chi connectivity index (χ2v) is 8.23. The Kier molecular flexibility index (Phi) is 8.35. The van der Waals surface area contributed by atoms with Gasteiger partial charge in [0, 0.05) is 17.0 Å². The number of carboxylic acids is 1. The first kappa shape index (κ1) is 24.5. The van der Waals surface area contributed by atoms with Gasteiger partial charge in [-0.2, -0.15) is 13.2 Å². The fraction of sp³-hybridized carbons (Fsp3) is 0.250. The first-order chi connectivity index (χ1) is 14.5. The number of rotatable bonds is 8. The van der Waals surface area contributed by atoms with Gasteiger partial charge in [0.25, 0.3) is 0 Å². The highest BCUT2D eigenvalue weighted by Crippen LogP contribution is 2.34. The van der Waals surface area contributed by atoms with E-state index >= 15 is 0 Å².